The first-order chi connectivity index (χ1) is 7.77. The molecule has 0 aromatic rings. The zero-order chi connectivity index (χ0) is 12.1. The van der Waals surface area contributed by atoms with Crippen molar-refractivity contribution in [2.24, 2.45) is 11.5 Å². The minimum absolute atomic E-state index is 0.329. The molecule has 0 spiro atoms. The van der Waals surface area contributed by atoms with Crippen molar-refractivity contribution >= 4 is 17.7 Å². The topological polar surface area (TPSA) is 64.1 Å². The van der Waals surface area contributed by atoms with Gasteiger partial charge in [-0.3, -0.25) is 0 Å². The summed E-state index contributed by atoms with van der Waals surface area (Å²) in [6.45, 7) is 3.06. The molecule has 0 aliphatic rings. The predicted molar refractivity (Wildman–Crippen MR) is 72.6 cm³/mol. The van der Waals surface area contributed by atoms with Crippen molar-refractivity contribution in [3.63, 3.8) is 0 Å². The molecule has 4 heteroatoms. The van der Waals surface area contributed by atoms with Gasteiger partial charge in [-0.15, -0.1) is 0 Å². The van der Waals surface area contributed by atoms with E-state index in [0.29, 0.717) is 4.71 Å². The molecular weight excluding hydrogens is 193 g/mol. The Bertz CT molecular complexity index is 131. The zero-order valence-corrected chi connectivity index (χ0v) is 11.0. The van der Waals surface area contributed by atoms with Gasteiger partial charge in [0.15, 0.2) is 0 Å². The molecule has 0 amide bonds. The summed E-state index contributed by atoms with van der Waals surface area (Å²) in [6.07, 6.45) is 10.3. The molecule has 0 bridgehead atoms. The molecule has 5 N–H and O–H groups in total. The summed E-state index contributed by atoms with van der Waals surface area (Å²) in [5.74, 6) is 0. The van der Waals surface area contributed by atoms with E-state index in [1.54, 1.807) is 0 Å². The first-order valence-electron chi connectivity index (χ1n) is 6.93. The van der Waals surface area contributed by atoms with Crippen LogP contribution < -0.4 is 16.8 Å². The van der Waals surface area contributed by atoms with Crippen molar-refractivity contribution in [1.82, 2.24) is 5.32 Å². The van der Waals surface area contributed by atoms with E-state index < -0.39 is 0 Å². The molecule has 0 saturated carbocycles. The van der Waals surface area contributed by atoms with Gasteiger partial charge in [0.1, 0.15) is 0 Å². The van der Waals surface area contributed by atoms with Crippen molar-refractivity contribution < 1.29 is 0 Å². The Morgan fingerprint density at radius 3 is 2.00 bits per heavy atom. The molecule has 0 fully saturated rings. The van der Waals surface area contributed by atoms with Gasteiger partial charge in [0, 0.05) is 0 Å². The number of hydrogen-bond donors (Lipinski definition) is 3. The van der Waals surface area contributed by atoms with E-state index >= 15 is 0 Å². The summed E-state index contributed by atoms with van der Waals surface area (Å²) in [6, 6.07) is 0. The van der Waals surface area contributed by atoms with Crippen LogP contribution in [0.25, 0.3) is 0 Å². The molecule has 0 heterocycles. The molecule has 0 radical (unpaired) electrons. The van der Waals surface area contributed by atoms with Crippen LogP contribution in [-0.2, 0) is 0 Å². The summed E-state index contributed by atoms with van der Waals surface area (Å²) in [5, 5.41) is 3.43. The predicted octanol–water partition coefficient (Wildman–Crippen LogP) is 1.11. The number of hydrogen-bond acceptors (Lipinski definition) is 3. The van der Waals surface area contributed by atoms with Gasteiger partial charge in [0.2, 0.25) is 0 Å². The summed E-state index contributed by atoms with van der Waals surface area (Å²) in [7, 11) is 0. The fraction of sp³-hybridized carbons (Fsp3) is 1.00. The number of nitrogens with one attached hydrogen (secondary N) is 1. The normalized spacial score (nSPS) is 13.0. The fourth-order valence-electron chi connectivity index (χ4n) is 1.73. The molecule has 3 nitrogen and oxygen atoms in total. The maximum atomic E-state index is 5.66. The molecule has 0 rings (SSSR count). The number of rotatable bonds is 12. The maximum absolute atomic E-state index is 5.66. The van der Waals surface area contributed by atoms with E-state index in [4.69, 9.17) is 11.5 Å². The van der Waals surface area contributed by atoms with Gasteiger partial charge in [-0.25, -0.2) is 0 Å². The van der Waals surface area contributed by atoms with E-state index in [1.807, 2.05) is 0 Å². The zero-order valence-electron chi connectivity index (χ0n) is 11.0. The number of nitrogens with two attached hydrogens (primary N) is 2. The average Bonchev–Trinajstić information content (AvgIpc) is 2.25. The first-order valence-corrected chi connectivity index (χ1v) is 6.93. The van der Waals surface area contributed by atoms with Gasteiger partial charge in [-0.1, -0.05) is 0 Å². The van der Waals surface area contributed by atoms with Gasteiger partial charge in [-0.2, -0.15) is 0 Å². The molecule has 0 aliphatic heterocycles. The van der Waals surface area contributed by atoms with Gasteiger partial charge in [0.25, 0.3) is 0 Å². The summed E-state index contributed by atoms with van der Waals surface area (Å²) in [4.78, 5) is 0. The van der Waals surface area contributed by atoms with E-state index in [-0.39, 0.29) is 0 Å². The third-order valence-corrected chi connectivity index (χ3v) is 2.83. The molecule has 92 valence electrons. The first kappa shape index (κ1) is 16.5. The van der Waals surface area contributed by atoms with Crippen LogP contribution in [0.2, 0.25) is 0 Å². The third-order valence-electron chi connectivity index (χ3n) is 2.83. The average molecular weight is 221 g/mol. The van der Waals surface area contributed by atoms with Crippen molar-refractivity contribution in [2.45, 2.75) is 56.1 Å². The Morgan fingerprint density at radius 1 is 0.875 bits per heavy atom. The van der Waals surface area contributed by atoms with Crippen molar-refractivity contribution in [1.29, 1.82) is 0 Å². The Labute approximate surface area is 110 Å². The van der Waals surface area contributed by atoms with Gasteiger partial charge in [-0.05, 0) is 6.54 Å². The second-order valence-electron chi connectivity index (χ2n) is 4.78. The molecular formula is C12H28LiN3. The molecule has 16 heavy (non-hydrogen) atoms. The van der Waals surface area contributed by atoms with Crippen LogP contribution >= 0.6 is 0 Å². The van der Waals surface area contributed by atoms with Crippen molar-refractivity contribution in [2.75, 3.05) is 19.6 Å². The second-order valence-corrected chi connectivity index (χ2v) is 4.78. The van der Waals surface area contributed by atoms with Gasteiger partial charge < -0.3 is 5.73 Å². The van der Waals surface area contributed by atoms with Crippen LogP contribution in [0.15, 0.2) is 0 Å². The molecule has 1 atom stereocenters. The minimum atomic E-state index is 0.329. The SMILES string of the molecule is [Li][CH](N)CCNCCCCCCCCCN. The Morgan fingerprint density at radius 2 is 1.44 bits per heavy atom. The van der Waals surface area contributed by atoms with Crippen LogP contribution in [-0.4, -0.2) is 42.1 Å². The summed E-state index contributed by atoms with van der Waals surface area (Å²) < 4.78 is 0.329. The van der Waals surface area contributed by atoms with Crippen LogP contribution in [0.5, 0.6) is 0 Å². The van der Waals surface area contributed by atoms with Crippen molar-refractivity contribution in [3.8, 4) is 0 Å². The van der Waals surface area contributed by atoms with Gasteiger partial charge >= 0.3 is 97.9 Å². The van der Waals surface area contributed by atoms with Gasteiger partial charge in [0.05, 0.1) is 0 Å². The Balaban J connectivity index is 2.88. The molecule has 0 saturated heterocycles. The number of unbranched alkanes of at least 4 members (excludes halogenated alkanes) is 6. The summed E-state index contributed by atoms with van der Waals surface area (Å²) in [5.41, 5.74) is 11.1. The second kappa shape index (κ2) is 13.5. The summed E-state index contributed by atoms with van der Waals surface area (Å²) >= 11 is 2.06. The Kier molecular flexibility index (Phi) is 13.9. The van der Waals surface area contributed by atoms with Crippen LogP contribution in [0.4, 0.5) is 0 Å². The monoisotopic (exact) mass is 221 g/mol. The third kappa shape index (κ3) is 14.5. The molecule has 0 aliphatic carbocycles. The van der Waals surface area contributed by atoms with Crippen LogP contribution in [0.3, 0.4) is 0 Å². The standard InChI is InChI=1S/C12H28N3.Li/c13-9-6-4-2-1-3-5-7-11-15-12-8-10-14;/h10,15H,1-9,11-14H2;. The van der Waals surface area contributed by atoms with E-state index in [0.717, 1.165) is 26.1 Å². The Hall–Kier alpha value is 0.477. The quantitative estimate of drug-likeness (QED) is 0.342. The fourth-order valence-corrected chi connectivity index (χ4v) is 1.73. The van der Waals surface area contributed by atoms with E-state index in [2.05, 4.69) is 23.0 Å². The van der Waals surface area contributed by atoms with Crippen molar-refractivity contribution in [3.05, 3.63) is 0 Å². The van der Waals surface area contributed by atoms with E-state index in [1.165, 1.54) is 44.9 Å². The van der Waals surface area contributed by atoms with Crippen LogP contribution in [0, 0.1) is 0 Å². The van der Waals surface area contributed by atoms with Crippen LogP contribution in [0.1, 0.15) is 51.4 Å². The smallest absolute Gasteiger partial charge is 0.330 e. The minimum Gasteiger partial charge on any atom is -0.330 e. The van der Waals surface area contributed by atoms with E-state index in [9.17, 15) is 0 Å². The molecule has 0 aromatic carbocycles. The molecule has 1 unspecified atom stereocenters. The molecule has 0 aromatic heterocycles.